The molecule has 1 aromatic rings. The molecule has 0 bridgehead atoms. The van der Waals surface area contributed by atoms with Gasteiger partial charge < -0.3 is 15.0 Å². The molecule has 2 heterocycles. The molecule has 1 saturated heterocycles. The average molecular weight is 331 g/mol. The first kappa shape index (κ1) is 15.5. The summed E-state index contributed by atoms with van der Waals surface area (Å²) in [6.07, 6.45) is 3.12. The van der Waals surface area contributed by atoms with Gasteiger partial charge in [0.15, 0.2) is 0 Å². The predicted octanol–water partition coefficient (Wildman–Crippen LogP) is -0.416. The van der Waals surface area contributed by atoms with Crippen LogP contribution in [0.5, 0.6) is 0 Å². The Morgan fingerprint density at radius 2 is 2.32 bits per heavy atom. The van der Waals surface area contributed by atoms with Crippen molar-refractivity contribution >= 4 is 17.5 Å². The van der Waals surface area contributed by atoms with Gasteiger partial charge in [0.05, 0.1) is 6.54 Å². The SMILES string of the molecule is CC1CN(c2c[c-]c3c(c2)CCCCN3)C(=O)O1.[Rb+]. The Morgan fingerprint density at radius 3 is 3.05 bits per heavy atom. The summed E-state index contributed by atoms with van der Waals surface area (Å²) in [6, 6.07) is 7.21. The van der Waals surface area contributed by atoms with Crippen LogP contribution in [0.2, 0.25) is 0 Å². The first-order valence-electron chi connectivity index (χ1n) is 6.50. The average Bonchev–Trinajstić information content (AvgIpc) is 2.58. The number of nitrogens with one attached hydrogen (secondary N) is 1. The van der Waals surface area contributed by atoms with Crippen LogP contribution in [0.3, 0.4) is 0 Å². The van der Waals surface area contributed by atoms with Crippen LogP contribution in [0.25, 0.3) is 0 Å². The number of carbonyl (C=O) groups excluding carboxylic acids is 1. The topological polar surface area (TPSA) is 41.6 Å². The summed E-state index contributed by atoms with van der Waals surface area (Å²) >= 11 is 0. The molecule has 0 saturated carbocycles. The number of anilines is 2. The van der Waals surface area contributed by atoms with Crippen LogP contribution in [0.15, 0.2) is 12.1 Å². The van der Waals surface area contributed by atoms with Crippen LogP contribution < -0.4 is 68.4 Å². The van der Waals surface area contributed by atoms with Gasteiger partial charge in [-0.1, -0.05) is 24.2 Å². The number of ether oxygens (including phenoxy) is 1. The molecule has 19 heavy (non-hydrogen) atoms. The smallest absolute Gasteiger partial charge is 0.445 e. The summed E-state index contributed by atoms with van der Waals surface area (Å²) in [5, 5.41) is 3.37. The number of hydrogen-bond donors (Lipinski definition) is 1. The molecule has 1 unspecified atom stereocenters. The maximum Gasteiger partial charge on any atom is 1.00 e. The molecule has 0 aliphatic carbocycles. The zero-order valence-electron chi connectivity index (χ0n) is 11.5. The van der Waals surface area contributed by atoms with Crippen LogP contribution in [-0.2, 0) is 11.2 Å². The number of hydrogen-bond acceptors (Lipinski definition) is 3. The van der Waals surface area contributed by atoms with E-state index >= 15 is 0 Å². The largest absolute Gasteiger partial charge is 1.00 e. The summed E-state index contributed by atoms with van der Waals surface area (Å²) in [5.41, 5.74) is 3.22. The van der Waals surface area contributed by atoms with Crippen LogP contribution in [0.4, 0.5) is 16.2 Å². The zero-order valence-corrected chi connectivity index (χ0v) is 16.4. The van der Waals surface area contributed by atoms with Crippen molar-refractivity contribution in [3.8, 4) is 0 Å². The zero-order chi connectivity index (χ0) is 12.5. The molecule has 2 aliphatic rings. The first-order chi connectivity index (χ1) is 8.74. The number of cyclic esters (lactones) is 1. The summed E-state index contributed by atoms with van der Waals surface area (Å²) in [4.78, 5) is 13.4. The van der Waals surface area contributed by atoms with E-state index in [1.165, 1.54) is 18.4 Å². The fraction of sp³-hybridized carbons (Fsp3) is 0.500. The van der Waals surface area contributed by atoms with Crippen molar-refractivity contribution in [1.82, 2.24) is 0 Å². The number of fused-ring (bicyclic) bond motifs is 1. The number of benzene rings is 1. The Hall–Kier alpha value is 0.0952. The van der Waals surface area contributed by atoms with E-state index in [2.05, 4.69) is 17.4 Å². The van der Waals surface area contributed by atoms with E-state index in [1.807, 2.05) is 13.0 Å². The Morgan fingerprint density at radius 1 is 1.47 bits per heavy atom. The van der Waals surface area contributed by atoms with E-state index in [4.69, 9.17) is 4.74 Å². The van der Waals surface area contributed by atoms with E-state index in [9.17, 15) is 4.79 Å². The fourth-order valence-electron chi connectivity index (χ4n) is 2.52. The molecule has 1 aromatic carbocycles. The van der Waals surface area contributed by atoms with Gasteiger partial charge in [-0.05, 0) is 13.3 Å². The van der Waals surface area contributed by atoms with Gasteiger partial charge >= 0.3 is 64.3 Å². The molecule has 3 rings (SSSR count). The van der Waals surface area contributed by atoms with Crippen molar-refractivity contribution in [2.24, 2.45) is 0 Å². The van der Waals surface area contributed by atoms with Gasteiger partial charge in [0.2, 0.25) is 0 Å². The molecule has 1 amide bonds. The van der Waals surface area contributed by atoms with Crippen molar-refractivity contribution in [2.45, 2.75) is 32.3 Å². The second-order valence-corrected chi connectivity index (χ2v) is 4.95. The fourth-order valence-corrected chi connectivity index (χ4v) is 2.52. The van der Waals surface area contributed by atoms with Crippen molar-refractivity contribution < 1.29 is 67.7 Å². The van der Waals surface area contributed by atoms with Crippen molar-refractivity contribution in [3.05, 3.63) is 23.8 Å². The summed E-state index contributed by atoms with van der Waals surface area (Å²) in [5.74, 6) is 0. The Balaban J connectivity index is 0.00000133. The molecule has 96 valence electrons. The summed E-state index contributed by atoms with van der Waals surface area (Å²) < 4.78 is 5.15. The van der Waals surface area contributed by atoms with Crippen LogP contribution >= 0.6 is 0 Å². The summed E-state index contributed by atoms with van der Waals surface area (Å²) in [6.45, 7) is 3.54. The molecule has 5 heteroatoms. The van der Waals surface area contributed by atoms with Gasteiger partial charge in [-0.2, -0.15) is 12.1 Å². The third-order valence-electron chi connectivity index (χ3n) is 3.46. The Labute approximate surface area is 162 Å². The van der Waals surface area contributed by atoms with Crippen LogP contribution in [0, 0.1) is 6.07 Å². The number of aryl methyl sites for hydroxylation is 1. The Bertz CT molecular complexity index is 479. The molecule has 1 atom stereocenters. The minimum atomic E-state index is -0.252. The maximum absolute atomic E-state index is 11.7. The molecule has 2 aliphatic heterocycles. The third kappa shape index (κ3) is 3.41. The number of carbonyl (C=O) groups is 1. The van der Waals surface area contributed by atoms with Gasteiger partial charge in [0.1, 0.15) is 6.10 Å². The van der Waals surface area contributed by atoms with Crippen molar-refractivity contribution in [2.75, 3.05) is 23.3 Å². The summed E-state index contributed by atoms with van der Waals surface area (Å²) in [7, 11) is 0. The van der Waals surface area contributed by atoms with Gasteiger partial charge in [-0.3, -0.25) is 0 Å². The van der Waals surface area contributed by atoms with Crippen molar-refractivity contribution in [1.29, 1.82) is 0 Å². The van der Waals surface area contributed by atoms with Gasteiger partial charge in [-0.15, -0.1) is 11.6 Å². The quantitative estimate of drug-likeness (QED) is 0.712. The van der Waals surface area contributed by atoms with Crippen LogP contribution in [-0.4, -0.2) is 25.3 Å². The minimum Gasteiger partial charge on any atom is -0.445 e. The maximum atomic E-state index is 11.7. The number of rotatable bonds is 1. The van der Waals surface area contributed by atoms with E-state index in [0.717, 1.165) is 24.3 Å². The Kier molecular flexibility index (Phi) is 5.46. The predicted molar refractivity (Wildman–Crippen MR) is 70.0 cm³/mol. The minimum absolute atomic E-state index is 0. The molecule has 0 spiro atoms. The molecule has 0 aromatic heterocycles. The van der Waals surface area contributed by atoms with Gasteiger partial charge in [-0.25, -0.2) is 4.79 Å². The normalized spacial score (nSPS) is 21.8. The first-order valence-corrected chi connectivity index (χ1v) is 6.50. The molecular weight excluding hydrogens is 314 g/mol. The number of amides is 1. The van der Waals surface area contributed by atoms with Gasteiger partial charge in [0.25, 0.3) is 0 Å². The molecular formula is C14H17N2O2Rb. The second kappa shape index (κ2) is 6.70. The van der Waals surface area contributed by atoms with E-state index in [0.29, 0.717) is 6.54 Å². The van der Waals surface area contributed by atoms with E-state index in [-0.39, 0.29) is 70.4 Å². The standard InChI is InChI=1S/C14H17N2O2.Rb/c1-10-9-16(14(17)18-10)12-5-6-13-11(8-12)4-2-3-7-15-13;/h5,8,10,15H,2-4,7,9H2,1H3;/q-1;+1. The number of nitrogens with zero attached hydrogens (tertiary/aromatic N) is 1. The van der Waals surface area contributed by atoms with E-state index < -0.39 is 0 Å². The van der Waals surface area contributed by atoms with Gasteiger partial charge in [0, 0.05) is 6.54 Å². The monoisotopic (exact) mass is 330 g/mol. The van der Waals surface area contributed by atoms with E-state index in [1.54, 1.807) is 4.90 Å². The third-order valence-corrected chi connectivity index (χ3v) is 3.46. The molecule has 1 fully saturated rings. The second-order valence-electron chi connectivity index (χ2n) is 4.95. The molecule has 4 nitrogen and oxygen atoms in total. The van der Waals surface area contributed by atoms with Crippen LogP contribution in [0.1, 0.15) is 25.3 Å². The molecule has 1 N–H and O–H groups in total. The van der Waals surface area contributed by atoms with Crippen molar-refractivity contribution in [3.63, 3.8) is 0 Å². The molecule has 0 radical (unpaired) electrons.